The Labute approximate surface area is 122 Å². The van der Waals surface area contributed by atoms with Crippen molar-refractivity contribution in [2.24, 2.45) is 16.9 Å². The number of amides is 1. The Hall–Kier alpha value is -1.39. The van der Waals surface area contributed by atoms with Gasteiger partial charge in [-0.05, 0) is 42.6 Å². The normalized spacial score (nSPS) is 11.8. The highest BCUT2D eigenvalue weighted by atomic mass is 16.1. The molecule has 4 heteroatoms. The quantitative estimate of drug-likeness (QED) is 0.763. The fourth-order valence-corrected chi connectivity index (χ4v) is 2.23. The van der Waals surface area contributed by atoms with Gasteiger partial charge in [-0.3, -0.25) is 9.69 Å². The highest BCUT2D eigenvalue weighted by Gasteiger charge is 2.19. The van der Waals surface area contributed by atoms with E-state index >= 15 is 0 Å². The summed E-state index contributed by atoms with van der Waals surface area (Å²) in [5.41, 5.74) is 12.9. The van der Waals surface area contributed by atoms with Crippen LogP contribution in [0.1, 0.15) is 43.1 Å². The second-order valence-electron chi connectivity index (χ2n) is 6.14. The molecule has 112 valence electrons. The van der Waals surface area contributed by atoms with E-state index in [1.165, 1.54) is 5.56 Å². The maximum absolute atomic E-state index is 11.1. The van der Waals surface area contributed by atoms with Crippen LogP contribution in [-0.4, -0.2) is 30.4 Å². The van der Waals surface area contributed by atoms with Crippen LogP contribution in [0, 0.1) is 5.41 Å². The number of nitrogens with two attached hydrogens (primary N) is 2. The number of hydrogen-bond acceptors (Lipinski definition) is 3. The Morgan fingerprint density at radius 3 is 2.30 bits per heavy atom. The minimum atomic E-state index is -0.383. The molecule has 1 rings (SSSR count). The summed E-state index contributed by atoms with van der Waals surface area (Å²) in [5.74, 6) is -0.383. The predicted octanol–water partition coefficient (Wildman–Crippen LogP) is 1.98. The predicted molar refractivity (Wildman–Crippen MR) is 83.4 cm³/mol. The zero-order valence-corrected chi connectivity index (χ0v) is 12.9. The highest BCUT2D eigenvalue weighted by molar-refractivity contribution is 5.92. The molecule has 0 unspecified atom stereocenters. The third-order valence-corrected chi connectivity index (χ3v) is 3.39. The Kier molecular flexibility index (Phi) is 6.17. The van der Waals surface area contributed by atoms with Crippen molar-refractivity contribution in [3.63, 3.8) is 0 Å². The molecule has 0 aliphatic rings. The van der Waals surface area contributed by atoms with E-state index in [2.05, 4.69) is 25.7 Å². The molecule has 0 fully saturated rings. The molecule has 4 nitrogen and oxygen atoms in total. The number of primary amides is 1. The van der Waals surface area contributed by atoms with Gasteiger partial charge in [0.1, 0.15) is 0 Å². The number of hydrogen-bond donors (Lipinski definition) is 2. The summed E-state index contributed by atoms with van der Waals surface area (Å²) in [6.07, 6.45) is 1.11. The summed E-state index contributed by atoms with van der Waals surface area (Å²) in [6, 6.07) is 7.52. The maximum atomic E-state index is 11.1. The van der Waals surface area contributed by atoms with Crippen molar-refractivity contribution in [3.05, 3.63) is 35.4 Å². The van der Waals surface area contributed by atoms with Crippen LogP contribution in [0.3, 0.4) is 0 Å². The molecule has 0 aliphatic carbocycles. The summed E-state index contributed by atoms with van der Waals surface area (Å²) in [5, 5.41) is 0. The summed E-state index contributed by atoms with van der Waals surface area (Å²) in [4.78, 5) is 13.5. The van der Waals surface area contributed by atoms with Crippen molar-refractivity contribution < 1.29 is 4.79 Å². The molecular weight excluding hydrogens is 250 g/mol. The summed E-state index contributed by atoms with van der Waals surface area (Å²) in [6.45, 7) is 10.1. The van der Waals surface area contributed by atoms with E-state index in [1.807, 2.05) is 12.1 Å². The fourth-order valence-electron chi connectivity index (χ4n) is 2.23. The average Bonchev–Trinajstić information content (AvgIpc) is 2.39. The van der Waals surface area contributed by atoms with Gasteiger partial charge in [0.25, 0.3) is 0 Å². The first-order valence-electron chi connectivity index (χ1n) is 7.19. The van der Waals surface area contributed by atoms with E-state index in [-0.39, 0.29) is 11.3 Å². The van der Waals surface area contributed by atoms with E-state index in [4.69, 9.17) is 11.5 Å². The molecule has 0 radical (unpaired) electrons. The molecule has 20 heavy (non-hydrogen) atoms. The van der Waals surface area contributed by atoms with Crippen molar-refractivity contribution in [1.82, 2.24) is 4.90 Å². The maximum Gasteiger partial charge on any atom is 0.248 e. The molecule has 4 N–H and O–H groups in total. The number of nitrogens with zero attached hydrogens (tertiary/aromatic N) is 1. The van der Waals surface area contributed by atoms with Crippen LogP contribution in [0.2, 0.25) is 0 Å². The molecule has 0 aromatic heterocycles. The SMILES string of the molecule is CCCN(Cc1ccc(C(N)=O)cc1)CC(C)(C)CN. The van der Waals surface area contributed by atoms with Gasteiger partial charge in [-0.15, -0.1) is 0 Å². The van der Waals surface area contributed by atoms with Crippen LogP contribution in [0.15, 0.2) is 24.3 Å². The van der Waals surface area contributed by atoms with Gasteiger partial charge in [-0.1, -0.05) is 32.9 Å². The molecule has 0 spiro atoms. The molecular formula is C16H27N3O. The Morgan fingerprint density at radius 2 is 1.85 bits per heavy atom. The molecule has 0 saturated heterocycles. The summed E-state index contributed by atoms with van der Waals surface area (Å²) in [7, 11) is 0. The van der Waals surface area contributed by atoms with Crippen molar-refractivity contribution in [1.29, 1.82) is 0 Å². The Balaban J connectivity index is 2.72. The minimum absolute atomic E-state index is 0.113. The highest BCUT2D eigenvalue weighted by Crippen LogP contribution is 2.17. The first-order valence-corrected chi connectivity index (χ1v) is 7.19. The Morgan fingerprint density at radius 1 is 1.25 bits per heavy atom. The first kappa shape index (κ1) is 16.7. The van der Waals surface area contributed by atoms with Gasteiger partial charge in [0, 0.05) is 18.7 Å². The average molecular weight is 277 g/mol. The number of rotatable bonds is 8. The lowest BCUT2D eigenvalue weighted by Gasteiger charge is -2.31. The van der Waals surface area contributed by atoms with Gasteiger partial charge in [0.15, 0.2) is 0 Å². The molecule has 1 aromatic carbocycles. The first-order chi connectivity index (χ1) is 9.38. The Bertz CT molecular complexity index is 426. The van der Waals surface area contributed by atoms with Crippen LogP contribution < -0.4 is 11.5 Å². The molecule has 1 aromatic rings. The van der Waals surface area contributed by atoms with Crippen molar-refractivity contribution in [2.75, 3.05) is 19.6 Å². The van der Waals surface area contributed by atoms with Crippen LogP contribution in [-0.2, 0) is 6.54 Å². The van der Waals surface area contributed by atoms with E-state index in [1.54, 1.807) is 12.1 Å². The van der Waals surface area contributed by atoms with Gasteiger partial charge in [-0.25, -0.2) is 0 Å². The zero-order valence-electron chi connectivity index (χ0n) is 12.9. The lowest BCUT2D eigenvalue weighted by molar-refractivity contribution is 0.100. The molecule has 0 heterocycles. The van der Waals surface area contributed by atoms with E-state index in [9.17, 15) is 4.79 Å². The number of benzene rings is 1. The van der Waals surface area contributed by atoms with Crippen molar-refractivity contribution in [2.45, 2.75) is 33.7 Å². The van der Waals surface area contributed by atoms with E-state index in [0.29, 0.717) is 12.1 Å². The van der Waals surface area contributed by atoms with Crippen molar-refractivity contribution in [3.8, 4) is 0 Å². The van der Waals surface area contributed by atoms with Crippen LogP contribution >= 0.6 is 0 Å². The van der Waals surface area contributed by atoms with Gasteiger partial charge < -0.3 is 11.5 Å². The summed E-state index contributed by atoms with van der Waals surface area (Å²) < 4.78 is 0. The smallest absolute Gasteiger partial charge is 0.248 e. The van der Waals surface area contributed by atoms with Crippen molar-refractivity contribution >= 4 is 5.91 Å². The molecule has 0 saturated carbocycles. The lowest BCUT2D eigenvalue weighted by atomic mass is 9.93. The third-order valence-electron chi connectivity index (χ3n) is 3.39. The standard InChI is InChI=1S/C16H27N3O/c1-4-9-19(12-16(2,3)11-17)10-13-5-7-14(8-6-13)15(18)20/h5-8H,4,9-12,17H2,1-3H3,(H2,18,20). The number of carbonyl (C=O) groups excluding carboxylic acids is 1. The monoisotopic (exact) mass is 277 g/mol. The van der Waals surface area contributed by atoms with Gasteiger partial charge in [0.2, 0.25) is 5.91 Å². The van der Waals surface area contributed by atoms with Crippen LogP contribution in [0.5, 0.6) is 0 Å². The minimum Gasteiger partial charge on any atom is -0.366 e. The second kappa shape index (κ2) is 7.41. The van der Waals surface area contributed by atoms with Gasteiger partial charge in [-0.2, -0.15) is 0 Å². The molecule has 0 atom stereocenters. The van der Waals surface area contributed by atoms with Gasteiger partial charge >= 0.3 is 0 Å². The van der Waals surface area contributed by atoms with Crippen LogP contribution in [0.4, 0.5) is 0 Å². The number of carbonyl (C=O) groups is 1. The lowest BCUT2D eigenvalue weighted by Crippen LogP contribution is -2.38. The third kappa shape index (κ3) is 5.31. The van der Waals surface area contributed by atoms with E-state index in [0.717, 1.165) is 26.1 Å². The second-order valence-corrected chi connectivity index (χ2v) is 6.14. The fraction of sp³-hybridized carbons (Fsp3) is 0.562. The molecule has 0 bridgehead atoms. The zero-order chi connectivity index (χ0) is 15.2. The van der Waals surface area contributed by atoms with E-state index < -0.39 is 0 Å². The molecule has 0 aliphatic heterocycles. The topological polar surface area (TPSA) is 72.3 Å². The molecule has 1 amide bonds. The largest absolute Gasteiger partial charge is 0.366 e. The van der Waals surface area contributed by atoms with Crippen LogP contribution in [0.25, 0.3) is 0 Å². The summed E-state index contributed by atoms with van der Waals surface area (Å²) >= 11 is 0. The van der Waals surface area contributed by atoms with Gasteiger partial charge in [0.05, 0.1) is 0 Å².